The van der Waals surface area contributed by atoms with Crippen LogP contribution >= 0.6 is 11.6 Å². The number of hydrogen-bond donors (Lipinski definition) is 1. The zero-order valence-corrected chi connectivity index (χ0v) is 19.4. The Morgan fingerprint density at radius 1 is 1.09 bits per heavy atom. The molecule has 170 valence electrons. The molecule has 0 aliphatic carbocycles. The van der Waals surface area contributed by atoms with Crippen LogP contribution in [-0.2, 0) is 20.6 Å². The molecule has 2 aromatic carbocycles. The summed E-state index contributed by atoms with van der Waals surface area (Å²) >= 11 is 6.37. The molecule has 4 aromatic rings. The zero-order chi connectivity index (χ0) is 23.7. The summed E-state index contributed by atoms with van der Waals surface area (Å²) in [5.41, 5.74) is 4.99. The number of nitrogens with one attached hydrogen (secondary N) is 1. The standard InChI is InChI=1S/C23H23ClN6O3/c1-14(15-9-11-17(33-4)12-10-15)26-27-22-25-20-19(21(31)29(3)23(32)28(20)2)30(22)13-16-7-5-6-8-18(16)24/h5-12H,13H2,1-4H3,(H,25,27)/b26-14+. The van der Waals surface area contributed by atoms with Crippen molar-refractivity contribution in [2.45, 2.75) is 13.5 Å². The molecule has 2 aromatic heterocycles. The first-order valence-corrected chi connectivity index (χ1v) is 10.5. The summed E-state index contributed by atoms with van der Waals surface area (Å²) in [6.07, 6.45) is 0. The molecule has 33 heavy (non-hydrogen) atoms. The minimum absolute atomic E-state index is 0.259. The van der Waals surface area contributed by atoms with E-state index in [1.165, 1.54) is 11.6 Å². The predicted molar refractivity (Wildman–Crippen MR) is 130 cm³/mol. The van der Waals surface area contributed by atoms with E-state index in [0.717, 1.165) is 21.4 Å². The molecular weight excluding hydrogens is 444 g/mol. The largest absolute Gasteiger partial charge is 0.497 e. The molecule has 0 fully saturated rings. The van der Waals surface area contributed by atoms with Gasteiger partial charge < -0.3 is 4.74 Å². The van der Waals surface area contributed by atoms with E-state index in [1.807, 2.05) is 49.4 Å². The van der Waals surface area contributed by atoms with Crippen LogP contribution < -0.4 is 21.4 Å². The van der Waals surface area contributed by atoms with Gasteiger partial charge in [-0.2, -0.15) is 10.1 Å². The second-order valence-corrected chi connectivity index (χ2v) is 7.94. The molecule has 0 spiro atoms. The Kier molecular flexibility index (Phi) is 6.06. The van der Waals surface area contributed by atoms with Gasteiger partial charge >= 0.3 is 5.69 Å². The van der Waals surface area contributed by atoms with Crippen molar-refractivity contribution in [1.82, 2.24) is 18.7 Å². The molecule has 0 radical (unpaired) electrons. The van der Waals surface area contributed by atoms with Crippen molar-refractivity contribution < 1.29 is 4.74 Å². The SMILES string of the molecule is COc1ccc(/C(C)=N/Nc2nc3c(c(=O)n(C)c(=O)n3C)n2Cc2ccccc2Cl)cc1. The Balaban J connectivity index is 1.83. The lowest BCUT2D eigenvalue weighted by atomic mass is 10.1. The van der Waals surface area contributed by atoms with E-state index < -0.39 is 11.2 Å². The van der Waals surface area contributed by atoms with Gasteiger partial charge in [0.05, 0.1) is 19.4 Å². The quantitative estimate of drug-likeness (QED) is 0.348. The van der Waals surface area contributed by atoms with Crippen LogP contribution in [0.25, 0.3) is 11.2 Å². The number of nitrogens with zero attached hydrogens (tertiary/aromatic N) is 5. The number of imidazole rings is 1. The molecule has 0 atom stereocenters. The minimum atomic E-state index is -0.459. The predicted octanol–water partition coefficient (Wildman–Crippen LogP) is 2.98. The van der Waals surface area contributed by atoms with Crippen molar-refractivity contribution in [1.29, 1.82) is 0 Å². The van der Waals surface area contributed by atoms with Crippen LogP contribution in [-0.4, -0.2) is 31.5 Å². The van der Waals surface area contributed by atoms with Crippen LogP contribution in [0, 0.1) is 0 Å². The second kappa shape index (κ2) is 8.95. The number of methoxy groups -OCH3 is 1. The van der Waals surface area contributed by atoms with E-state index in [0.29, 0.717) is 16.7 Å². The van der Waals surface area contributed by atoms with Crippen molar-refractivity contribution in [3.05, 3.63) is 85.5 Å². The van der Waals surface area contributed by atoms with E-state index in [-0.39, 0.29) is 17.7 Å². The number of anilines is 1. The smallest absolute Gasteiger partial charge is 0.332 e. The van der Waals surface area contributed by atoms with Gasteiger partial charge in [-0.05, 0) is 48.4 Å². The van der Waals surface area contributed by atoms with Crippen LogP contribution in [0.1, 0.15) is 18.1 Å². The maximum atomic E-state index is 13.0. The highest BCUT2D eigenvalue weighted by molar-refractivity contribution is 6.31. The monoisotopic (exact) mass is 466 g/mol. The molecule has 0 aliphatic heterocycles. The number of hydrogen-bond acceptors (Lipinski definition) is 6. The van der Waals surface area contributed by atoms with Crippen LogP contribution in [0.4, 0.5) is 5.95 Å². The Labute approximate surface area is 194 Å². The summed E-state index contributed by atoms with van der Waals surface area (Å²) in [5.74, 6) is 1.06. The first-order chi connectivity index (χ1) is 15.8. The number of aryl methyl sites for hydroxylation is 1. The van der Waals surface area contributed by atoms with Gasteiger partial charge in [0.1, 0.15) is 5.75 Å². The van der Waals surface area contributed by atoms with Crippen molar-refractivity contribution in [2.24, 2.45) is 19.2 Å². The van der Waals surface area contributed by atoms with Gasteiger partial charge in [-0.1, -0.05) is 29.8 Å². The van der Waals surface area contributed by atoms with E-state index in [1.54, 1.807) is 24.8 Å². The zero-order valence-electron chi connectivity index (χ0n) is 18.7. The van der Waals surface area contributed by atoms with E-state index in [4.69, 9.17) is 16.3 Å². The van der Waals surface area contributed by atoms with Gasteiger partial charge in [0, 0.05) is 19.1 Å². The fourth-order valence-corrected chi connectivity index (χ4v) is 3.71. The summed E-state index contributed by atoms with van der Waals surface area (Å²) < 4.78 is 9.28. The first kappa shape index (κ1) is 22.3. The number of fused-ring (bicyclic) bond motifs is 1. The van der Waals surface area contributed by atoms with Crippen LogP contribution in [0.3, 0.4) is 0 Å². The topological polar surface area (TPSA) is 95.4 Å². The molecule has 0 unspecified atom stereocenters. The average molecular weight is 467 g/mol. The van der Waals surface area contributed by atoms with Gasteiger partial charge in [0.15, 0.2) is 11.2 Å². The van der Waals surface area contributed by atoms with Crippen molar-refractivity contribution in [3.8, 4) is 5.75 Å². The molecule has 0 amide bonds. The number of rotatable bonds is 6. The number of hydrazone groups is 1. The molecule has 0 bridgehead atoms. The fraction of sp³-hybridized carbons (Fsp3) is 0.217. The summed E-state index contributed by atoms with van der Waals surface area (Å²) in [6, 6.07) is 14.8. The Bertz CT molecular complexity index is 1480. The number of aromatic nitrogens is 4. The highest BCUT2D eigenvalue weighted by Gasteiger charge is 2.20. The Morgan fingerprint density at radius 3 is 2.45 bits per heavy atom. The van der Waals surface area contributed by atoms with Crippen molar-refractivity contribution in [3.63, 3.8) is 0 Å². The van der Waals surface area contributed by atoms with Gasteiger partial charge in [-0.3, -0.25) is 18.5 Å². The van der Waals surface area contributed by atoms with Gasteiger partial charge in [0.25, 0.3) is 5.56 Å². The van der Waals surface area contributed by atoms with Gasteiger partial charge in [-0.25, -0.2) is 10.2 Å². The molecule has 2 heterocycles. The molecular formula is C23H23ClN6O3. The normalized spacial score (nSPS) is 11.7. The number of ether oxygens (including phenoxy) is 1. The molecule has 0 saturated heterocycles. The molecule has 1 N–H and O–H groups in total. The third kappa shape index (κ3) is 4.14. The Morgan fingerprint density at radius 2 is 1.79 bits per heavy atom. The third-order valence-electron chi connectivity index (χ3n) is 5.47. The van der Waals surface area contributed by atoms with Crippen LogP contribution in [0.15, 0.2) is 63.2 Å². The summed E-state index contributed by atoms with van der Waals surface area (Å²) in [7, 11) is 4.63. The minimum Gasteiger partial charge on any atom is -0.497 e. The van der Waals surface area contributed by atoms with Gasteiger partial charge in [0.2, 0.25) is 5.95 Å². The van der Waals surface area contributed by atoms with E-state index >= 15 is 0 Å². The molecule has 10 heteroatoms. The van der Waals surface area contributed by atoms with Gasteiger partial charge in [-0.15, -0.1) is 0 Å². The van der Waals surface area contributed by atoms with E-state index in [9.17, 15) is 9.59 Å². The average Bonchev–Trinajstić information content (AvgIpc) is 3.19. The molecule has 0 aliphatic rings. The van der Waals surface area contributed by atoms with Crippen LogP contribution in [0.2, 0.25) is 5.02 Å². The second-order valence-electron chi connectivity index (χ2n) is 7.53. The first-order valence-electron chi connectivity index (χ1n) is 10.2. The lowest BCUT2D eigenvalue weighted by Gasteiger charge is -2.11. The lowest BCUT2D eigenvalue weighted by molar-refractivity contribution is 0.415. The molecule has 4 rings (SSSR count). The fourth-order valence-electron chi connectivity index (χ4n) is 3.51. The highest BCUT2D eigenvalue weighted by Crippen LogP contribution is 2.22. The summed E-state index contributed by atoms with van der Waals surface area (Å²) in [4.78, 5) is 30.0. The number of halogens is 1. The third-order valence-corrected chi connectivity index (χ3v) is 5.83. The summed E-state index contributed by atoms with van der Waals surface area (Å²) in [6.45, 7) is 2.12. The molecule has 0 saturated carbocycles. The maximum absolute atomic E-state index is 13.0. The van der Waals surface area contributed by atoms with Crippen molar-refractivity contribution >= 4 is 34.4 Å². The summed E-state index contributed by atoms with van der Waals surface area (Å²) in [5, 5.41) is 5.02. The maximum Gasteiger partial charge on any atom is 0.332 e. The lowest BCUT2D eigenvalue weighted by Crippen LogP contribution is -2.37. The van der Waals surface area contributed by atoms with Crippen molar-refractivity contribution in [2.75, 3.05) is 12.5 Å². The van der Waals surface area contributed by atoms with Crippen LogP contribution in [0.5, 0.6) is 5.75 Å². The molecule has 9 nitrogen and oxygen atoms in total. The van der Waals surface area contributed by atoms with E-state index in [2.05, 4.69) is 15.5 Å². The highest BCUT2D eigenvalue weighted by atomic mass is 35.5. The Hall–Kier alpha value is -3.85. The number of benzene rings is 2.